The maximum absolute atomic E-state index is 11.2. The molecule has 0 radical (unpaired) electrons. The molecule has 0 aliphatic rings. The summed E-state index contributed by atoms with van der Waals surface area (Å²) in [6, 6.07) is -0.812. The first-order valence-corrected chi connectivity index (χ1v) is 4.78. The summed E-state index contributed by atoms with van der Waals surface area (Å²) in [5.74, 6) is -1.44. The Labute approximate surface area is 93.2 Å². The third kappa shape index (κ3) is 6.77. The van der Waals surface area contributed by atoms with E-state index in [1.807, 2.05) is 0 Å². The number of amides is 2. The number of rotatable bonds is 6. The molecule has 0 saturated carbocycles. The van der Waals surface area contributed by atoms with Gasteiger partial charge in [-0.2, -0.15) is 0 Å². The van der Waals surface area contributed by atoms with Gasteiger partial charge in [-0.3, -0.25) is 9.59 Å². The van der Waals surface area contributed by atoms with E-state index in [9.17, 15) is 14.4 Å². The lowest BCUT2D eigenvalue weighted by atomic mass is 10.3. The molecule has 1 unspecified atom stereocenters. The minimum atomic E-state index is -0.812. The number of ether oxygens (including phenoxy) is 1. The zero-order valence-corrected chi connectivity index (χ0v) is 9.28. The van der Waals surface area contributed by atoms with Crippen LogP contribution in [0.25, 0.3) is 0 Å². The Morgan fingerprint density at radius 3 is 2.50 bits per heavy atom. The zero-order chi connectivity index (χ0) is 12.6. The summed E-state index contributed by atoms with van der Waals surface area (Å²) < 4.78 is 4.59. The molecule has 0 heterocycles. The summed E-state index contributed by atoms with van der Waals surface area (Å²) in [6.45, 7) is 2.17. The van der Waals surface area contributed by atoms with Gasteiger partial charge in [-0.25, -0.2) is 4.79 Å². The summed E-state index contributed by atoms with van der Waals surface area (Å²) in [6.07, 6.45) is 0. The maximum atomic E-state index is 11.2. The lowest BCUT2D eigenvalue weighted by molar-refractivity contribution is -0.148. The molecule has 16 heavy (non-hydrogen) atoms. The van der Waals surface area contributed by atoms with Gasteiger partial charge in [-0.05, 0) is 6.92 Å². The number of hydrogen-bond donors (Lipinski definition) is 3. The molecular formula is C9H16N2O5. The van der Waals surface area contributed by atoms with Crippen LogP contribution in [0.15, 0.2) is 0 Å². The van der Waals surface area contributed by atoms with Crippen LogP contribution < -0.4 is 10.6 Å². The highest BCUT2D eigenvalue weighted by Gasteiger charge is 2.16. The topological polar surface area (TPSA) is 105 Å². The number of carbonyl (C=O) groups is 3. The van der Waals surface area contributed by atoms with Crippen LogP contribution in [-0.2, 0) is 19.1 Å². The van der Waals surface area contributed by atoms with Crippen molar-refractivity contribution in [1.82, 2.24) is 10.6 Å². The molecule has 0 aromatic carbocycles. The van der Waals surface area contributed by atoms with Gasteiger partial charge in [-0.1, -0.05) is 0 Å². The largest absolute Gasteiger partial charge is 0.462 e. The lowest BCUT2D eigenvalue weighted by Crippen LogP contribution is -2.44. The molecule has 0 aromatic rings. The fourth-order valence-corrected chi connectivity index (χ4v) is 0.827. The lowest BCUT2D eigenvalue weighted by Gasteiger charge is -2.12. The number of nitrogens with one attached hydrogen (secondary N) is 2. The predicted molar refractivity (Wildman–Crippen MR) is 54.3 cm³/mol. The Kier molecular flexibility index (Phi) is 6.86. The molecule has 1 atom stereocenters. The fraction of sp³-hybridized carbons (Fsp3) is 0.667. The van der Waals surface area contributed by atoms with Crippen LogP contribution in [0.5, 0.6) is 0 Å². The molecule has 7 nitrogen and oxygen atoms in total. The van der Waals surface area contributed by atoms with Crippen molar-refractivity contribution in [2.45, 2.75) is 19.9 Å². The molecule has 0 saturated heterocycles. The van der Waals surface area contributed by atoms with E-state index in [2.05, 4.69) is 15.4 Å². The second kappa shape index (κ2) is 7.63. The molecule has 0 aliphatic heterocycles. The quantitative estimate of drug-likeness (QED) is 0.467. The summed E-state index contributed by atoms with van der Waals surface area (Å²) >= 11 is 0. The van der Waals surface area contributed by atoms with Crippen LogP contribution in [0, 0.1) is 0 Å². The van der Waals surface area contributed by atoms with Crippen molar-refractivity contribution in [1.29, 1.82) is 0 Å². The van der Waals surface area contributed by atoms with Gasteiger partial charge in [-0.15, -0.1) is 0 Å². The fourth-order valence-electron chi connectivity index (χ4n) is 0.827. The van der Waals surface area contributed by atoms with E-state index in [1.165, 1.54) is 13.8 Å². The highest BCUT2D eigenvalue weighted by molar-refractivity contribution is 5.87. The number of aliphatic hydroxyl groups excluding tert-OH is 1. The van der Waals surface area contributed by atoms with Crippen LogP contribution in [0.1, 0.15) is 13.8 Å². The third-order valence-corrected chi connectivity index (χ3v) is 1.56. The van der Waals surface area contributed by atoms with Crippen molar-refractivity contribution >= 4 is 17.8 Å². The Morgan fingerprint density at radius 1 is 1.38 bits per heavy atom. The Bertz CT molecular complexity index is 267. The van der Waals surface area contributed by atoms with Crippen LogP contribution in [0.3, 0.4) is 0 Å². The normalized spacial score (nSPS) is 11.4. The molecule has 3 N–H and O–H groups in total. The summed E-state index contributed by atoms with van der Waals surface area (Å²) in [5, 5.41) is 13.0. The molecule has 0 spiro atoms. The van der Waals surface area contributed by atoms with E-state index in [0.717, 1.165) is 0 Å². The van der Waals surface area contributed by atoms with E-state index >= 15 is 0 Å². The van der Waals surface area contributed by atoms with E-state index in [0.29, 0.717) is 0 Å². The SMILES string of the molecule is CC(=O)NCC(=O)NC(C)C(=O)OCCO. The van der Waals surface area contributed by atoms with Gasteiger partial charge >= 0.3 is 5.97 Å². The summed E-state index contributed by atoms with van der Waals surface area (Å²) in [7, 11) is 0. The number of aliphatic hydroxyl groups is 1. The summed E-state index contributed by atoms with van der Waals surface area (Å²) in [5.41, 5.74) is 0. The first kappa shape index (κ1) is 14.4. The number of carbonyl (C=O) groups excluding carboxylic acids is 3. The number of hydrogen-bond acceptors (Lipinski definition) is 5. The monoisotopic (exact) mass is 232 g/mol. The van der Waals surface area contributed by atoms with Gasteiger partial charge < -0.3 is 20.5 Å². The van der Waals surface area contributed by atoms with Gasteiger partial charge in [0, 0.05) is 6.92 Å². The number of esters is 1. The van der Waals surface area contributed by atoms with Crippen LogP contribution in [0.4, 0.5) is 0 Å². The predicted octanol–water partition coefficient (Wildman–Crippen LogP) is -1.84. The Morgan fingerprint density at radius 2 is 2.00 bits per heavy atom. The molecular weight excluding hydrogens is 216 g/mol. The van der Waals surface area contributed by atoms with E-state index in [-0.39, 0.29) is 25.7 Å². The van der Waals surface area contributed by atoms with E-state index in [1.54, 1.807) is 0 Å². The van der Waals surface area contributed by atoms with Gasteiger partial charge in [0.1, 0.15) is 12.6 Å². The second-order valence-corrected chi connectivity index (χ2v) is 3.09. The first-order chi connectivity index (χ1) is 7.47. The second-order valence-electron chi connectivity index (χ2n) is 3.09. The maximum Gasteiger partial charge on any atom is 0.328 e. The Balaban J connectivity index is 3.84. The zero-order valence-electron chi connectivity index (χ0n) is 9.28. The van der Waals surface area contributed by atoms with Crippen molar-refractivity contribution < 1.29 is 24.2 Å². The van der Waals surface area contributed by atoms with Crippen LogP contribution >= 0.6 is 0 Å². The van der Waals surface area contributed by atoms with Crippen LogP contribution in [-0.4, -0.2) is 48.7 Å². The molecule has 0 aromatic heterocycles. The van der Waals surface area contributed by atoms with E-state index < -0.39 is 17.9 Å². The summed E-state index contributed by atoms with van der Waals surface area (Å²) in [4.78, 5) is 32.8. The van der Waals surface area contributed by atoms with Crippen molar-refractivity contribution in [2.75, 3.05) is 19.8 Å². The molecule has 0 fully saturated rings. The van der Waals surface area contributed by atoms with Crippen molar-refractivity contribution in [3.8, 4) is 0 Å². The van der Waals surface area contributed by atoms with Gasteiger partial charge in [0.05, 0.1) is 13.2 Å². The standard InChI is InChI=1S/C9H16N2O5/c1-6(9(15)16-4-3-12)11-8(14)5-10-7(2)13/h6,12H,3-5H2,1-2H3,(H,10,13)(H,11,14). The highest BCUT2D eigenvalue weighted by atomic mass is 16.5. The van der Waals surface area contributed by atoms with E-state index in [4.69, 9.17) is 5.11 Å². The molecule has 0 aliphatic carbocycles. The van der Waals surface area contributed by atoms with Gasteiger partial charge in [0.25, 0.3) is 0 Å². The van der Waals surface area contributed by atoms with Crippen molar-refractivity contribution in [3.63, 3.8) is 0 Å². The van der Waals surface area contributed by atoms with Crippen molar-refractivity contribution in [2.24, 2.45) is 0 Å². The third-order valence-electron chi connectivity index (χ3n) is 1.56. The van der Waals surface area contributed by atoms with Crippen LogP contribution in [0.2, 0.25) is 0 Å². The minimum Gasteiger partial charge on any atom is -0.462 e. The highest BCUT2D eigenvalue weighted by Crippen LogP contribution is 1.87. The molecule has 0 rings (SSSR count). The first-order valence-electron chi connectivity index (χ1n) is 4.78. The molecule has 0 bridgehead atoms. The average molecular weight is 232 g/mol. The van der Waals surface area contributed by atoms with Crippen molar-refractivity contribution in [3.05, 3.63) is 0 Å². The smallest absolute Gasteiger partial charge is 0.328 e. The molecule has 2 amide bonds. The van der Waals surface area contributed by atoms with Gasteiger partial charge in [0.15, 0.2) is 0 Å². The van der Waals surface area contributed by atoms with Gasteiger partial charge in [0.2, 0.25) is 11.8 Å². The minimum absolute atomic E-state index is 0.106. The molecule has 7 heteroatoms. The average Bonchev–Trinajstić information content (AvgIpc) is 2.22. The Hall–Kier alpha value is -1.63. The molecule has 92 valence electrons.